The Hall–Kier alpha value is -4.54. The normalized spacial score (nSPS) is 16.7. The van der Waals surface area contributed by atoms with Crippen LogP contribution in [0.4, 0.5) is 34.1 Å². The lowest BCUT2D eigenvalue weighted by Crippen LogP contribution is -2.60. The third-order valence-corrected chi connectivity index (χ3v) is 15.4. The lowest BCUT2D eigenvalue weighted by Gasteiger charge is -2.46. The summed E-state index contributed by atoms with van der Waals surface area (Å²) in [6, 6.07) is 40.3. The maximum Gasteiger partial charge on any atom is 0.264 e. The first-order chi connectivity index (χ1) is 27.6. The van der Waals surface area contributed by atoms with Crippen molar-refractivity contribution in [1.82, 2.24) is 0 Å². The fourth-order valence-corrected chi connectivity index (χ4v) is 11.8. The summed E-state index contributed by atoms with van der Waals surface area (Å²) in [6.45, 7) is 33.4. The van der Waals surface area contributed by atoms with Crippen LogP contribution in [0.25, 0.3) is 11.1 Å². The van der Waals surface area contributed by atoms with E-state index in [1.807, 2.05) is 0 Å². The molecule has 302 valence electrons. The van der Waals surface area contributed by atoms with Crippen LogP contribution < -0.4 is 25.5 Å². The predicted molar refractivity (Wildman–Crippen MR) is 260 cm³/mol. The van der Waals surface area contributed by atoms with Crippen molar-refractivity contribution in [3.8, 4) is 11.1 Å². The van der Waals surface area contributed by atoms with Crippen LogP contribution in [0.1, 0.15) is 136 Å². The zero-order valence-electron chi connectivity index (χ0n) is 38.1. The minimum absolute atomic E-state index is 0.00808. The average Bonchev–Trinajstić information content (AvgIpc) is 3.58. The lowest BCUT2D eigenvalue weighted by atomic mass is 9.36. The van der Waals surface area contributed by atoms with E-state index < -0.39 is 0 Å². The molecule has 0 atom stereocenters. The number of thiophene rings is 1. The van der Waals surface area contributed by atoms with Gasteiger partial charge in [0.1, 0.15) is 0 Å². The summed E-state index contributed by atoms with van der Waals surface area (Å²) in [5, 5.41) is 0. The third kappa shape index (κ3) is 6.42. The molecule has 0 saturated carbocycles. The highest BCUT2D eigenvalue weighted by Gasteiger charge is 2.51. The second-order valence-electron chi connectivity index (χ2n) is 22.3. The minimum atomic E-state index is -0.0130. The quantitative estimate of drug-likeness (QED) is 0.164. The second kappa shape index (κ2) is 13.2. The van der Waals surface area contributed by atoms with Gasteiger partial charge in [0.05, 0.1) is 11.4 Å². The van der Waals surface area contributed by atoms with Crippen LogP contribution in [-0.4, -0.2) is 6.71 Å². The Labute approximate surface area is 359 Å². The molecule has 0 amide bonds. The van der Waals surface area contributed by atoms with Gasteiger partial charge in [-0.1, -0.05) is 151 Å². The number of benzene rings is 5. The summed E-state index contributed by atoms with van der Waals surface area (Å²) in [5.74, 6) is 0. The highest BCUT2D eigenvalue weighted by molar-refractivity contribution is 7.29. The van der Waals surface area contributed by atoms with Crippen molar-refractivity contribution < 1.29 is 0 Å². The lowest BCUT2D eigenvalue weighted by molar-refractivity contribution is 0.339. The van der Waals surface area contributed by atoms with Gasteiger partial charge in [-0.3, -0.25) is 0 Å². The van der Waals surface area contributed by atoms with Gasteiger partial charge < -0.3 is 9.80 Å². The Morgan fingerprint density at radius 2 is 1.12 bits per heavy atom. The number of hydrogen-bond donors (Lipinski definition) is 0. The van der Waals surface area contributed by atoms with Crippen molar-refractivity contribution in [3.63, 3.8) is 0 Å². The van der Waals surface area contributed by atoms with Crippen LogP contribution in [0, 0.1) is 6.92 Å². The molecule has 1 aliphatic carbocycles. The SMILES string of the molecule is Cc1cc2c3c(c1)N(c1ccc(C(C)(C)C)cc1)c1c(sc4c1C(C)(C)CCC4(C)C)B3c1ccc(C(C)(C)C)cc1N2c1ccc(C(C)(C)C)cc1-c1ccccc1. The smallest absolute Gasteiger partial charge is 0.264 e. The fourth-order valence-electron chi connectivity index (χ4n) is 10.1. The van der Waals surface area contributed by atoms with Crippen LogP contribution in [-0.2, 0) is 27.1 Å². The molecule has 0 spiro atoms. The second-order valence-corrected chi connectivity index (χ2v) is 23.3. The Kier molecular flexibility index (Phi) is 8.95. The van der Waals surface area contributed by atoms with Gasteiger partial charge in [0.15, 0.2) is 0 Å². The zero-order chi connectivity index (χ0) is 42.2. The van der Waals surface area contributed by atoms with Gasteiger partial charge >= 0.3 is 0 Å². The van der Waals surface area contributed by atoms with E-state index in [0.29, 0.717) is 0 Å². The molecule has 0 radical (unpaired) electrons. The Balaban J connectivity index is 1.41. The number of rotatable bonds is 3. The first kappa shape index (κ1) is 39.9. The summed E-state index contributed by atoms with van der Waals surface area (Å²) < 4.78 is 1.49. The number of aryl methyl sites for hydroxylation is 1. The van der Waals surface area contributed by atoms with Gasteiger partial charge in [0, 0.05) is 38.0 Å². The molecule has 5 aromatic carbocycles. The molecule has 0 unspecified atom stereocenters. The maximum atomic E-state index is 2.69. The van der Waals surface area contributed by atoms with E-state index >= 15 is 0 Å². The van der Waals surface area contributed by atoms with E-state index in [2.05, 4.69) is 221 Å². The van der Waals surface area contributed by atoms with Crippen molar-refractivity contribution >= 4 is 67.9 Å². The van der Waals surface area contributed by atoms with Gasteiger partial charge in [0.2, 0.25) is 0 Å². The highest BCUT2D eigenvalue weighted by atomic mass is 32.1. The zero-order valence-corrected chi connectivity index (χ0v) is 38.9. The van der Waals surface area contributed by atoms with Gasteiger partial charge in [-0.05, 0) is 134 Å². The number of anilines is 6. The van der Waals surface area contributed by atoms with E-state index in [9.17, 15) is 0 Å². The molecule has 0 fully saturated rings. The van der Waals surface area contributed by atoms with Gasteiger partial charge in [-0.2, -0.15) is 11.3 Å². The van der Waals surface area contributed by atoms with Crippen LogP contribution in [0.2, 0.25) is 0 Å². The standard InChI is InChI=1S/C55H63BN2S/c1-34-30-44-47-45(31-34)58(42-27-23-37(52(5,6)7)32-40(42)35-18-16-15-17-19-35)43-33-38(53(8,9)10)22-26-41(43)56(47)50-48(46-49(59-50)55(13,14)29-28-54(46,11)12)57(44)39-24-20-36(21-25-39)51(2,3)4/h15-27,30-33H,28-29H2,1-14H3. The van der Waals surface area contributed by atoms with Crippen molar-refractivity contribution in [2.24, 2.45) is 0 Å². The topological polar surface area (TPSA) is 6.48 Å². The molecule has 3 aliphatic rings. The summed E-state index contributed by atoms with van der Waals surface area (Å²) in [6.07, 6.45) is 2.37. The summed E-state index contributed by atoms with van der Waals surface area (Å²) in [5.41, 5.74) is 20.2. The molecule has 0 saturated heterocycles. The number of nitrogens with zero attached hydrogens (tertiary/aromatic N) is 2. The minimum Gasteiger partial charge on any atom is -0.311 e. The highest BCUT2D eigenvalue weighted by Crippen LogP contribution is 2.56. The number of hydrogen-bond acceptors (Lipinski definition) is 3. The molecule has 9 rings (SSSR count). The van der Waals surface area contributed by atoms with Crippen molar-refractivity contribution in [2.45, 2.75) is 137 Å². The van der Waals surface area contributed by atoms with Gasteiger partial charge in [0.25, 0.3) is 6.71 Å². The van der Waals surface area contributed by atoms with Crippen LogP contribution in [0.3, 0.4) is 0 Å². The molecule has 59 heavy (non-hydrogen) atoms. The molecular formula is C55H63BN2S. The maximum absolute atomic E-state index is 2.69. The summed E-state index contributed by atoms with van der Waals surface area (Å²) in [4.78, 5) is 6.91. The van der Waals surface area contributed by atoms with Crippen LogP contribution in [0.15, 0.2) is 103 Å². The first-order valence-electron chi connectivity index (χ1n) is 21.9. The molecule has 3 heterocycles. The Bertz CT molecular complexity index is 2620. The third-order valence-electron chi connectivity index (χ3n) is 13.7. The van der Waals surface area contributed by atoms with E-state index in [1.165, 1.54) is 96.0 Å². The Morgan fingerprint density at radius 3 is 1.75 bits per heavy atom. The number of fused-ring (bicyclic) bond motifs is 6. The first-order valence-corrected chi connectivity index (χ1v) is 22.8. The van der Waals surface area contributed by atoms with E-state index in [4.69, 9.17) is 0 Å². The monoisotopic (exact) mass is 794 g/mol. The van der Waals surface area contributed by atoms with Gasteiger partial charge in [-0.25, -0.2) is 0 Å². The van der Waals surface area contributed by atoms with E-state index in [1.54, 1.807) is 10.4 Å². The molecule has 0 N–H and O–H groups in total. The van der Waals surface area contributed by atoms with Crippen LogP contribution >= 0.6 is 11.3 Å². The molecule has 1 aromatic heterocycles. The fraction of sp³-hybridized carbons (Fsp3) is 0.382. The molecular weight excluding hydrogens is 731 g/mol. The summed E-state index contributed by atoms with van der Waals surface area (Å²) >= 11 is 2.11. The summed E-state index contributed by atoms with van der Waals surface area (Å²) in [7, 11) is 0. The molecule has 6 aromatic rings. The molecule has 0 bridgehead atoms. The van der Waals surface area contributed by atoms with Crippen molar-refractivity contribution in [1.29, 1.82) is 0 Å². The molecule has 4 heteroatoms. The van der Waals surface area contributed by atoms with Crippen molar-refractivity contribution in [3.05, 3.63) is 136 Å². The molecule has 2 nitrogen and oxygen atoms in total. The van der Waals surface area contributed by atoms with Crippen molar-refractivity contribution in [2.75, 3.05) is 9.80 Å². The predicted octanol–water partition coefficient (Wildman–Crippen LogP) is 14.0. The molecule has 2 aliphatic heterocycles. The van der Waals surface area contributed by atoms with Crippen LogP contribution in [0.5, 0.6) is 0 Å². The Morgan fingerprint density at radius 1 is 0.559 bits per heavy atom. The van der Waals surface area contributed by atoms with Gasteiger partial charge in [-0.15, -0.1) is 0 Å². The van der Waals surface area contributed by atoms with E-state index in [0.717, 1.165) is 0 Å². The van der Waals surface area contributed by atoms with E-state index in [-0.39, 0.29) is 33.8 Å². The average molecular weight is 795 g/mol. The largest absolute Gasteiger partial charge is 0.311 e.